The van der Waals surface area contributed by atoms with Crippen LogP contribution in [-0.2, 0) is 12.8 Å². The maximum atomic E-state index is 5.22. The Bertz CT molecular complexity index is 1080. The summed E-state index contributed by atoms with van der Waals surface area (Å²) < 4.78 is 7.29. The predicted octanol–water partition coefficient (Wildman–Crippen LogP) is 4.83. The molecule has 0 spiro atoms. The van der Waals surface area contributed by atoms with Gasteiger partial charge in [0, 0.05) is 6.20 Å². The van der Waals surface area contributed by atoms with Crippen LogP contribution in [0, 0.1) is 13.8 Å². The molecule has 0 saturated heterocycles. The molecule has 2 aromatic carbocycles. The van der Waals surface area contributed by atoms with Crippen molar-refractivity contribution in [2.24, 2.45) is 0 Å². The Morgan fingerprint density at radius 3 is 2.37 bits per heavy atom. The van der Waals surface area contributed by atoms with E-state index in [-0.39, 0.29) is 0 Å². The van der Waals surface area contributed by atoms with Crippen LogP contribution in [0.5, 0.6) is 5.75 Å². The molecule has 0 bridgehead atoms. The second-order valence-electron chi connectivity index (χ2n) is 6.91. The molecule has 4 aromatic rings. The number of imidazole rings is 1. The minimum Gasteiger partial charge on any atom is -0.497 e. The van der Waals surface area contributed by atoms with Gasteiger partial charge in [0.25, 0.3) is 0 Å². The van der Waals surface area contributed by atoms with E-state index in [1.54, 1.807) is 7.11 Å². The molecule has 0 aliphatic rings. The van der Waals surface area contributed by atoms with E-state index in [4.69, 9.17) is 4.74 Å². The average Bonchev–Trinajstić information content (AvgIpc) is 3.10. The van der Waals surface area contributed by atoms with Gasteiger partial charge in [-0.05, 0) is 85.3 Å². The molecule has 27 heavy (non-hydrogen) atoms. The van der Waals surface area contributed by atoms with Gasteiger partial charge in [0.1, 0.15) is 17.9 Å². The number of benzene rings is 2. The number of aromatic nitrogens is 3. The molecular formula is C23H23N3O. The number of ether oxygens (including phenoxy) is 1. The maximum absolute atomic E-state index is 5.22. The third-order valence-corrected chi connectivity index (χ3v) is 5.08. The number of methoxy groups -OCH3 is 1. The number of fused-ring (bicyclic) bond motifs is 1. The van der Waals surface area contributed by atoms with Gasteiger partial charge in [-0.25, -0.2) is 9.97 Å². The van der Waals surface area contributed by atoms with E-state index in [2.05, 4.69) is 64.8 Å². The molecule has 0 radical (unpaired) electrons. The first-order valence-electron chi connectivity index (χ1n) is 9.16. The Hall–Kier alpha value is -3.14. The van der Waals surface area contributed by atoms with Crippen molar-refractivity contribution >= 4 is 11.0 Å². The summed E-state index contributed by atoms with van der Waals surface area (Å²) in [6, 6.07) is 16.8. The number of hydrogen-bond acceptors (Lipinski definition) is 3. The van der Waals surface area contributed by atoms with Crippen molar-refractivity contribution in [2.45, 2.75) is 26.7 Å². The second kappa shape index (κ2) is 7.23. The van der Waals surface area contributed by atoms with Crippen LogP contribution < -0.4 is 4.74 Å². The standard InChI is InChI=1S/C23H23N3O/c1-16-12-21-22(13-17(16)2)26(15-25-21)23-14-19(10-11-24-23)5-4-18-6-8-20(27-3)9-7-18/h6-15H,4-5H2,1-3H3. The molecule has 4 heteroatoms. The monoisotopic (exact) mass is 357 g/mol. The van der Waals surface area contributed by atoms with Gasteiger partial charge >= 0.3 is 0 Å². The maximum Gasteiger partial charge on any atom is 0.138 e. The first kappa shape index (κ1) is 17.3. The largest absolute Gasteiger partial charge is 0.497 e. The second-order valence-corrected chi connectivity index (χ2v) is 6.91. The minimum atomic E-state index is 0.891. The van der Waals surface area contributed by atoms with Crippen LogP contribution in [0.1, 0.15) is 22.3 Å². The summed E-state index contributed by atoms with van der Waals surface area (Å²) in [6.45, 7) is 4.25. The van der Waals surface area contributed by atoms with Crippen LogP contribution >= 0.6 is 0 Å². The van der Waals surface area contributed by atoms with E-state index < -0.39 is 0 Å². The zero-order valence-corrected chi connectivity index (χ0v) is 15.9. The van der Waals surface area contributed by atoms with E-state index in [0.29, 0.717) is 0 Å². The van der Waals surface area contributed by atoms with E-state index >= 15 is 0 Å². The SMILES string of the molecule is COc1ccc(CCc2ccnc(-n3cnc4cc(C)c(C)cc43)c2)cc1. The van der Waals surface area contributed by atoms with Crippen molar-refractivity contribution in [1.29, 1.82) is 0 Å². The molecule has 0 aliphatic heterocycles. The number of rotatable bonds is 5. The van der Waals surface area contributed by atoms with E-state index in [0.717, 1.165) is 35.4 Å². The van der Waals surface area contributed by atoms with Gasteiger partial charge in [-0.2, -0.15) is 0 Å². The smallest absolute Gasteiger partial charge is 0.138 e. The van der Waals surface area contributed by atoms with Crippen LogP contribution in [0.4, 0.5) is 0 Å². The third kappa shape index (κ3) is 3.56. The van der Waals surface area contributed by atoms with Gasteiger partial charge in [0.2, 0.25) is 0 Å². The summed E-state index contributed by atoms with van der Waals surface area (Å²) in [5.74, 6) is 1.80. The van der Waals surface area contributed by atoms with Crippen molar-refractivity contribution in [3.63, 3.8) is 0 Å². The molecule has 0 atom stereocenters. The van der Waals surface area contributed by atoms with Gasteiger partial charge in [0.15, 0.2) is 0 Å². The Labute approximate surface area is 159 Å². The molecule has 0 unspecified atom stereocenters. The fourth-order valence-electron chi connectivity index (χ4n) is 3.28. The van der Waals surface area contributed by atoms with E-state index in [9.17, 15) is 0 Å². The highest BCUT2D eigenvalue weighted by Gasteiger charge is 2.08. The van der Waals surface area contributed by atoms with Gasteiger partial charge in [-0.15, -0.1) is 0 Å². The van der Waals surface area contributed by atoms with Crippen LogP contribution in [0.25, 0.3) is 16.9 Å². The summed E-state index contributed by atoms with van der Waals surface area (Å²) in [5.41, 5.74) is 7.19. The average molecular weight is 357 g/mol. The lowest BCUT2D eigenvalue weighted by molar-refractivity contribution is 0.414. The van der Waals surface area contributed by atoms with Crippen molar-refractivity contribution in [3.8, 4) is 11.6 Å². The zero-order chi connectivity index (χ0) is 18.8. The summed E-state index contributed by atoms with van der Waals surface area (Å²) in [5, 5.41) is 0. The highest BCUT2D eigenvalue weighted by atomic mass is 16.5. The van der Waals surface area contributed by atoms with Gasteiger partial charge in [-0.1, -0.05) is 12.1 Å². The van der Waals surface area contributed by atoms with E-state index in [1.807, 2.05) is 24.7 Å². The molecule has 2 heterocycles. The lowest BCUT2D eigenvalue weighted by atomic mass is 10.1. The summed E-state index contributed by atoms with van der Waals surface area (Å²) in [7, 11) is 1.69. The van der Waals surface area contributed by atoms with Crippen molar-refractivity contribution < 1.29 is 4.74 Å². The van der Waals surface area contributed by atoms with Crippen LogP contribution in [-0.4, -0.2) is 21.6 Å². The van der Waals surface area contributed by atoms with E-state index in [1.165, 1.54) is 22.3 Å². The fourth-order valence-corrected chi connectivity index (χ4v) is 3.28. The zero-order valence-electron chi connectivity index (χ0n) is 15.9. The van der Waals surface area contributed by atoms with Crippen molar-refractivity contribution in [2.75, 3.05) is 7.11 Å². The summed E-state index contributed by atoms with van der Waals surface area (Å²) in [4.78, 5) is 9.12. The van der Waals surface area contributed by atoms with Gasteiger partial charge < -0.3 is 4.74 Å². The first-order valence-corrected chi connectivity index (χ1v) is 9.16. The first-order chi connectivity index (χ1) is 13.1. The predicted molar refractivity (Wildman–Crippen MR) is 109 cm³/mol. The molecule has 136 valence electrons. The molecular weight excluding hydrogens is 334 g/mol. The number of nitrogens with zero attached hydrogens (tertiary/aromatic N) is 3. The molecule has 0 saturated carbocycles. The van der Waals surface area contributed by atoms with Crippen LogP contribution in [0.3, 0.4) is 0 Å². The quantitative estimate of drug-likeness (QED) is 0.513. The minimum absolute atomic E-state index is 0.891. The van der Waals surface area contributed by atoms with Crippen LogP contribution in [0.15, 0.2) is 61.1 Å². The number of pyridine rings is 1. The molecule has 0 fully saturated rings. The Balaban J connectivity index is 1.58. The lowest BCUT2D eigenvalue weighted by Crippen LogP contribution is -1.99. The van der Waals surface area contributed by atoms with Gasteiger partial charge in [0.05, 0.1) is 18.1 Å². The molecule has 4 nitrogen and oxygen atoms in total. The molecule has 0 amide bonds. The van der Waals surface area contributed by atoms with Crippen molar-refractivity contribution in [3.05, 3.63) is 83.3 Å². The molecule has 0 aliphatic carbocycles. The normalized spacial score (nSPS) is 11.1. The topological polar surface area (TPSA) is 39.9 Å². The molecule has 2 aromatic heterocycles. The Morgan fingerprint density at radius 2 is 1.59 bits per heavy atom. The summed E-state index contributed by atoms with van der Waals surface area (Å²) in [6.07, 6.45) is 5.69. The van der Waals surface area contributed by atoms with Crippen molar-refractivity contribution in [1.82, 2.24) is 14.5 Å². The van der Waals surface area contributed by atoms with Crippen LogP contribution in [0.2, 0.25) is 0 Å². The fraction of sp³-hybridized carbons (Fsp3) is 0.217. The van der Waals surface area contributed by atoms with Gasteiger partial charge in [-0.3, -0.25) is 4.57 Å². The molecule has 4 rings (SSSR count). The third-order valence-electron chi connectivity index (χ3n) is 5.08. The Morgan fingerprint density at radius 1 is 0.852 bits per heavy atom. The lowest BCUT2D eigenvalue weighted by Gasteiger charge is -2.08. The Kier molecular flexibility index (Phi) is 4.63. The number of hydrogen-bond donors (Lipinski definition) is 0. The summed E-state index contributed by atoms with van der Waals surface area (Å²) >= 11 is 0. The highest BCUT2D eigenvalue weighted by molar-refractivity contribution is 5.79. The molecule has 0 N–H and O–H groups in total. The highest BCUT2D eigenvalue weighted by Crippen LogP contribution is 2.22. The number of aryl methyl sites for hydroxylation is 4.